The second-order valence-electron chi connectivity index (χ2n) is 7.08. The third-order valence-electron chi connectivity index (χ3n) is 5.29. The van der Waals surface area contributed by atoms with Crippen LogP contribution in [0.15, 0.2) is 46.7 Å². The Morgan fingerprint density at radius 1 is 1.21 bits per heavy atom. The summed E-state index contributed by atoms with van der Waals surface area (Å²) in [6.07, 6.45) is 1.71. The van der Waals surface area contributed by atoms with Crippen LogP contribution in [0.5, 0.6) is 5.75 Å². The molecular formula is C20H20FN5O2. The van der Waals surface area contributed by atoms with Crippen LogP contribution in [0.4, 0.5) is 21.5 Å². The number of ether oxygens (including phenoxy) is 1. The summed E-state index contributed by atoms with van der Waals surface area (Å²) in [4.78, 5) is 12.3. The van der Waals surface area contributed by atoms with E-state index in [1.807, 2.05) is 43.0 Å². The molecule has 0 saturated carbocycles. The van der Waals surface area contributed by atoms with Gasteiger partial charge < -0.3 is 15.4 Å². The molecule has 0 aliphatic carbocycles. The average Bonchev–Trinajstić information content (AvgIpc) is 3.27. The Morgan fingerprint density at radius 3 is 2.93 bits per heavy atom. The van der Waals surface area contributed by atoms with Crippen molar-refractivity contribution in [2.75, 3.05) is 22.3 Å². The van der Waals surface area contributed by atoms with Crippen molar-refractivity contribution in [1.29, 1.82) is 0 Å². The second-order valence-corrected chi connectivity index (χ2v) is 7.08. The van der Waals surface area contributed by atoms with Crippen molar-refractivity contribution < 1.29 is 14.0 Å². The molecule has 2 aromatic rings. The first-order chi connectivity index (χ1) is 13.5. The molecule has 3 heterocycles. The van der Waals surface area contributed by atoms with Crippen molar-refractivity contribution in [2.24, 2.45) is 4.99 Å². The molecule has 1 saturated heterocycles. The van der Waals surface area contributed by atoms with Crippen LogP contribution in [0.25, 0.3) is 0 Å². The van der Waals surface area contributed by atoms with Gasteiger partial charge in [0.1, 0.15) is 17.4 Å². The molecule has 3 aliphatic rings. The van der Waals surface area contributed by atoms with Gasteiger partial charge in [-0.15, -0.1) is 0 Å². The van der Waals surface area contributed by atoms with E-state index < -0.39 is 5.97 Å². The van der Waals surface area contributed by atoms with Crippen molar-refractivity contribution >= 4 is 23.3 Å². The molecule has 28 heavy (non-hydrogen) atoms. The zero-order chi connectivity index (χ0) is 19.5. The highest BCUT2D eigenvalue weighted by Gasteiger charge is 2.50. The smallest absolute Gasteiger partial charge is 0.351 e. The van der Waals surface area contributed by atoms with Crippen molar-refractivity contribution in [3.63, 3.8) is 0 Å². The van der Waals surface area contributed by atoms with Crippen molar-refractivity contribution in [3.8, 4) is 5.75 Å². The highest BCUT2D eigenvalue weighted by molar-refractivity contribution is 5.85. The van der Waals surface area contributed by atoms with E-state index in [1.165, 1.54) is 0 Å². The number of allylic oxidation sites excluding steroid dienone is 1. The fourth-order valence-corrected chi connectivity index (χ4v) is 3.53. The molecule has 7 nitrogen and oxygen atoms in total. The zero-order valence-corrected chi connectivity index (χ0v) is 15.8. The summed E-state index contributed by atoms with van der Waals surface area (Å²) in [5, 5.41) is 6.32. The fourth-order valence-electron chi connectivity index (χ4n) is 3.53. The quantitative estimate of drug-likeness (QED) is 0.755. The Balaban J connectivity index is 1.59. The number of rotatable bonds is 3. The maximum absolute atomic E-state index is 14.9. The molecular weight excluding hydrogens is 361 g/mol. The minimum absolute atomic E-state index is 0.315. The van der Waals surface area contributed by atoms with E-state index >= 15 is 0 Å². The first kappa shape index (κ1) is 16.9. The minimum atomic E-state index is -1.34. The SMILES string of the molecule is CC1=C2NOC(Nc3ccc(C)c(C)c3F)(N=C1)N2c1ccc2c(c1)NCO2. The lowest BCUT2D eigenvalue weighted by atomic mass is 10.1. The molecule has 0 aromatic heterocycles. The Labute approximate surface area is 161 Å². The Hall–Kier alpha value is -3.26. The number of benzene rings is 2. The molecule has 3 aliphatic heterocycles. The molecule has 8 heteroatoms. The standard InChI is InChI=1S/C20H20FN5O2/c1-11-4-6-15(18(21)13(11)3)24-20-23-9-12(2)19(25-28-20)26(20)14-5-7-17-16(8-14)22-10-27-17/h4-9,22,24-25H,10H2,1-3H3. The lowest BCUT2D eigenvalue weighted by molar-refractivity contribution is -0.0216. The lowest BCUT2D eigenvalue weighted by Gasteiger charge is -2.36. The van der Waals surface area contributed by atoms with Crippen LogP contribution in [0.2, 0.25) is 0 Å². The monoisotopic (exact) mass is 381 g/mol. The van der Waals surface area contributed by atoms with Gasteiger partial charge in [0.05, 0.1) is 17.1 Å². The minimum Gasteiger partial charge on any atom is -0.471 e. The molecule has 1 unspecified atom stereocenters. The first-order valence-corrected chi connectivity index (χ1v) is 9.03. The summed E-state index contributed by atoms with van der Waals surface area (Å²) in [5.41, 5.74) is 7.34. The van der Waals surface area contributed by atoms with E-state index in [2.05, 4.69) is 21.1 Å². The average molecular weight is 381 g/mol. The van der Waals surface area contributed by atoms with Gasteiger partial charge >= 0.3 is 5.97 Å². The summed E-state index contributed by atoms with van der Waals surface area (Å²) in [6.45, 7) is 6.00. The predicted octanol–water partition coefficient (Wildman–Crippen LogP) is 3.58. The molecule has 0 amide bonds. The number of hydroxylamine groups is 1. The van der Waals surface area contributed by atoms with Crippen LogP contribution >= 0.6 is 0 Å². The number of fused-ring (bicyclic) bond motifs is 3. The maximum atomic E-state index is 14.9. The predicted molar refractivity (Wildman–Crippen MR) is 106 cm³/mol. The third kappa shape index (κ3) is 2.34. The van der Waals surface area contributed by atoms with Gasteiger partial charge in [0, 0.05) is 11.8 Å². The maximum Gasteiger partial charge on any atom is 0.351 e. The number of nitrogens with zero attached hydrogens (tertiary/aromatic N) is 2. The molecule has 1 atom stereocenters. The Morgan fingerprint density at radius 2 is 2.07 bits per heavy atom. The number of aliphatic imine (C=N–C) groups is 1. The Bertz CT molecular complexity index is 1050. The number of hydrogen-bond donors (Lipinski definition) is 3. The molecule has 0 radical (unpaired) electrons. The lowest BCUT2D eigenvalue weighted by Crippen LogP contribution is -2.51. The number of hydrogen-bond acceptors (Lipinski definition) is 7. The summed E-state index contributed by atoms with van der Waals surface area (Å²) < 4.78 is 20.4. The topological polar surface area (TPSA) is 70.2 Å². The third-order valence-corrected chi connectivity index (χ3v) is 5.29. The van der Waals surface area contributed by atoms with Crippen molar-refractivity contribution in [2.45, 2.75) is 26.7 Å². The van der Waals surface area contributed by atoms with Gasteiger partial charge in [-0.1, -0.05) is 6.07 Å². The van der Waals surface area contributed by atoms with E-state index in [-0.39, 0.29) is 5.82 Å². The zero-order valence-electron chi connectivity index (χ0n) is 15.8. The van der Waals surface area contributed by atoms with E-state index in [4.69, 9.17) is 9.57 Å². The van der Waals surface area contributed by atoms with E-state index in [0.29, 0.717) is 18.0 Å². The summed E-state index contributed by atoms with van der Waals surface area (Å²) in [5.74, 6) is -0.133. The molecule has 1 fully saturated rings. The van der Waals surface area contributed by atoms with E-state index in [9.17, 15) is 4.39 Å². The summed E-state index contributed by atoms with van der Waals surface area (Å²) in [6, 6.07) is 9.34. The summed E-state index contributed by atoms with van der Waals surface area (Å²) >= 11 is 0. The highest BCUT2D eigenvalue weighted by atomic mass is 19.1. The van der Waals surface area contributed by atoms with E-state index in [1.54, 1.807) is 19.2 Å². The number of nitrogens with one attached hydrogen (secondary N) is 3. The second kappa shape index (κ2) is 5.87. The molecule has 3 N–H and O–H groups in total. The van der Waals surface area contributed by atoms with Crippen LogP contribution in [-0.4, -0.2) is 18.9 Å². The van der Waals surface area contributed by atoms with Gasteiger partial charge in [0.25, 0.3) is 0 Å². The van der Waals surface area contributed by atoms with Gasteiger partial charge in [-0.2, -0.15) is 0 Å². The van der Waals surface area contributed by atoms with E-state index in [0.717, 1.165) is 34.1 Å². The molecule has 2 bridgehead atoms. The number of aryl methyl sites for hydroxylation is 1. The molecule has 0 spiro atoms. The van der Waals surface area contributed by atoms with Crippen LogP contribution in [-0.2, 0) is 4.84 Å². The largest absolute Gasteiger partial charge is 0.471 e. The van der Waals surface area contributed by atoms with Gasteiger partial charge in [0.15, 0.2) is 6.73 Å². The fraction of sp³-hybridized carbons (Fsp3) is 0.250. The highest BCUT2D eigenvalue weighted by Crippen LogP contribution is 2.42. The first-order valence-electron chi connectivity index (χ1n) is 9.03. The van der Waals surface area contributed by atoms with Crippen LogP contribution in [0, 0.1) is 19.7 Å². The van der Waals surface area contributed by atoms with Gasteiger partial charge in [-0.05, 0) is 56.2 Å². The van der Waals surface area contributed by atoms with Crippen LogP contribution < -0.4 is 25.8 Å². The van der Waals surface area contributed by atoms with Gasteiger partial charge in [-0.25, -0.2) is 19.7 Å². The molecule has 144 valence electrons. The summed E-state index contributed by atoms with van der Waals surface area (Å²) in [7, 11) is 0. The number of halogens is 1. The molecule has 2 aromatic carbocycles. The van der Waals surface area contributed by atoms with Crippen LogP contribution in [0.3, 0.4) is 0 Å². The van der Waals surface area contributed by atoms with Gasteiger partial charge in [0.2, 0.25) is 0 Å². The van der Waals surface area contributed by atoms with Gasteiger partial charge in [-0.3, -0.25) is 4.90 Å². The Kier molecular flexibility index (Phi) is 3.54. The van der Waals surface area contributed by atoms with Crippen LogP contribution in [0.1, 0.15) is 18.1 Å². The van der Waals surface area contributed by atoms with Crippen molar-refractivity contribution in [3.05, 3.63) is 58.7 Å². The number of anilines is 3. The molecule has 5 rings (SSSR count). The van der Waals surface area contributed by atoms with Crippen molar-refractivity contribution in [1.82, 2.24) is 5.48 Å². The normalized spacial score (nSPS) is 21.9.